The van der Waals surface area contributed by atoms with E-state index >= 15 is 0 Å². The Bertz CT molecular complexity index is 858. The molecule has 8 heteroatoms. The number of hydrogen-bond donors (Lipinski definition) is 1. The third-order valence-corrected chi connectivity index (χ3v) is 4.95. The number of allylic oxidation sites excluding steroid dienone is 1. The van der Waals surface area contributed by atoms with Crippen LogP contribution in [0.3, 0.4) is 0 Å². The van der Waals surface area contributed by atoms with E-state index in [1.165, 1.54) is 15.9 Å². The minimum atomic E-state index is -0.604. The van der Waals surface area contributed by atoms with Crippen LogP contribution in [0.5, 0.6) is 0 Å². The smallest absolute Gasteiger partial charge is 0.347 e. The SMILES string of the molecule is CC(C)(C)OC(=O)C1=C(N)Cn2c(nc3ccsc3c2=O)S1. The van der Waals surface area contributed by atoms with Crippen LogP contribution in [-0.4, -0.2) is 21.1 Å². The third kappa shape index (κ3) is 2.64. The molecule has 0 fully saturated rings. The molecule has 1 aliphatic heterocycles. The van der Waals surface area contributed by atoms with Crippen molar-refractivity contribution in [3.63, 3.8) is 0 Å². The van der Waals surface area contributed by atoms with E-state index in [9.17, 15) is 9.59 Å². The van der Waals surface area contributed by atoms with Crippen molar-refractivity contribution in [1.29, 1.82) is 0 Å². The van der Waals surface area contributed by atoms with Gasteiger partial charge in [-0.3, -0.25) is 9.36 Å². The predicted molar refractivity (Wildman–Crippen MR) is 86.8 cm³/mol. The van der Waals surface area contributed by atoms with Crippen molar-refractivity contribution in [3.8, 4) is 0 Å². The number of carbonyl (C=O) groups is 1. The largest absolute Gasteiger partial charge is 0.456 e. The van der Waals surface area contributed by atoms with Crippen LogP contribution in [0.1, 0.15) is 20.8 Å². The van der Waals surface area contributed by atoms with E-state index in [1.807, 2.05) is 5.38 Å². The van der Waals surface area contributed by atoms with E-state index in [2.05, 4.69) is 4.98 Å². The highest BCUT2D eigenvalue weighted by Gasteiger charge is 2.29. The number of nitrogens with zero attached hydrogens (tertiary/aromatic N) is 2. The molecular formula is C14H15N3O3S2. The fourth-order valence-corrected chi connectivity index (χ4v) is 3.72. The van der Waals surface area contributed by atoms with Crippen LogP contribution in [0.15, 0.2) is 32.0 Å². The predicted octanol–water partition coefficient (Wildman–Crippen LogP) is 2.08. The lowest BCUT2D eigenvalue weighted by Gasteiger charge is -2.24. The van der Waals surface area contributed by atoms with E-state index in [0.717, 1.165) is 11.8 Å². The molecule has 22 heavy (non-hydrogen) atoms. The van der Waals surface area contributed by atoms with Crippen LogP contribution in [0, 0.1) is 0 Å². The second kappa shape index (κ2) is 5.13. The number of thioether (sulfide) groups is 1. The highest BCUT2D eigenvalue weighted by Crippen LogP contribution is 2.33. The molecule has 0 spiro atoms. The fourth-order valence-electron chi connectivity index (χ4n) is 2.04. The second-order valence-corrected chi connectivity index (χ2v) is 7.77. The number of fused-ring (bicyclic) bond motifs is 2. The first-order valence-electron chi connectivity index (χ1n) is 6.64. The van der Waals surface area contributed by atoms with E-state index in [-0.39, 0.29) is 12.1 Å². The molecule has 2 N–H and O–H groups in total. The molecule has 1 aliphatic rings. The minimum absolute atomic E-state index is 0.131. The van der Waals surface area contributed by atoms with Gasteiger partial charge >= 0.3 is 5.97 Å². The summed E-state index contributed by atoms with van der Waals surface area (Å²) >= 11 is 2.43. The van der Waals surface area contributed by atoms with Gasteiger partial charge in [-0.1, -0.05) is 0 Å². The number of thiophene rings is 1. The van der Waals surface area contributed by atoms with Crippen LogP contribution >= 0.6 is 23.1 Å². The molecule has 0 saturated heterocycles. The molecule has 0 aromatic carbocycles. The zero-order chi connectivity index (χ0) is 16.1. The molecular weight excluding hydrogens is 322 g/mol. The highest BCUT2D eigenvalue weighted by molar-refractivity contribution is 8.03. The van der Waals surface area contributed by atoms with Crippen LogP contribution < -0.4 is 11.3 Å². The first-order chi connectivity index (χ1) is 10.3. The van der Waals surface area contributed by atoms with E-state index in [1.54, 1.807) is 26.8 Å². The summed E-state index contributed by atoms with van der Waals surface area (Å²) in [6.07, 6.45) is 0. The van der Waals surface area contributed by atoms with Gasteiger partial charge < -0.3 is 10.5 Å². The lowest BCUT2D eigenvalue weighted by Crippen LogP contribution is -2.32. The van der Waals surface area contributed by atoms with Crippen molar-refractivity contribution >= 4 is 39.3 Å². The summed E-state index contributed by atoms with van der Waals surface area (Å²) in [5.41, 5.74) is 6.20. The first kappa shape index (κ1) is 15.1. The fraction of sp³-hybridized carbons (Fsp3) is 0.357. The normalized spacial score (nSPS) is 15.0. The Morgan fingerprint density at radius 3 is 2.86 bits per heavy atom. The summed E-state index contributed by atoms with van der Waals surface area (Å²) in [5, 5.41) is 2.28. The maximum Gasteiger partial charge on any atom is 0.347 e. The zero-order valence-corrected chi connectivity index (χ0v) is 14.0. The number of esters is 1. The average Bonchev–Trinajstić information content (AvgIpc) is 2.85. The molecule has 0 amide bonds. The van der Waals surface area contributed by atoms with Gasteiger partial charge in [0.1, 0.15) is 15.2 Å². The molecule has 0 saturated carbocycles. The van der Waals surface area contributed by atoms with Gasteiger partial charge in [0.15, 0.2) is 5.16 Å². The van der Waals surface area contributed by atoms with Crippen molar-refractivity contribution in [2.45, 2.75) is 38.1 Å². The first-order valence-corrected chi connectivity index (χ1v) is 8.34. The summed E-state index contributed by atoms with van der Waals surface area (Å²) in [7, 11) is 0. The van der Waals surface area contributed by atoms with E-state index in [0.29, 0.717) is 26.0 Å². The molecule has 0 radical (unpaired) electrons. The molecule has 3 rings (SSSR count). The molecule has 0 aliphatic carbocycles. The van der Waals surface area contributed by atoms with Crippen LogP contribution in [0.4, 0.5) is 0 Å². The monoisotopic (exact) mass is 337 g/mol. The van der Waals surface area contributed by atoms with E-state index in [4.69, 9.17) is 10.5 Å². The Morgan fingerprint density at radius 2 is 2.18 bits per heavy atom. The molecule has 0 bridgehead atoms. The average molecular weight is 337 g/mol. The van der Waals surface area contributed by atoms with Gasteiger partial charge in [0, 0.05) is 0 Å². The van der Waals surface area contributed by atoms with Gasteiger partial charge in [-0.05, 0) is 44.0 Å². The van der Waals surface area contributed by atoms with Crippen molar-refractivity contribution < 1.29 is 9.53 Å². The van der Waals surface area contributed by atoms with Gasteiger partial charge in [0.2, 0.25) is 0 Å². The highest BCUT2D eigenvalue weighted by atomic mass is 32.2. The summed E-state index contributed by atoms with van der Waals surface area (Å²) < 4.78 is 7.44. The van der Waals surface area contributed by atoms with Gasteiger partial charge in [-0.15, -0.1) is 11.3 Å². The Morgan fingerprint density at radius 1 is 1.45 bits per heavy atom. The van der Waals surface area contributed by atoms with Crippen molar-refractivity contribution in [3.05, 3.63) is 32.4 Å². The lowest BCUT2D eigenvalue weighted by atomic mass is 10.2. The quantitative estimate of drug-likeness (QED) is 0.633. The Balaban J connectivity index is 2.02. The molecule has 2 aromatic rings. The number of hydrogen-bond acceptors (Lipinski definition) is 7. The summed E-state index contributed by atoms with van der Waals surface area (Å²) in [6, 6.07) is 1.79. The molecule has 3 heterocycles. The van der Waals surface area contributed by atoms with Crippen LogP contribution in [-0.2, 0) is 16.1 Å². The van der Waals surface area contributed by atoms with Gasteiger partial charge in [0.25, 0.3) is 5.56 Å². The molecule has 0 atom stereocenters. The number of ether oxygens (including phenoxy) is 1. The maximum atomic E-state index is 12.4. The Labute approximate surface area is 135 Å². The molecule has 6 nitrogen and oxygen atoms in total. The number of carbonyl (C=O) groups excluding carboxylic acids is 1. The van der Waals surface area contributed by atoms with Crippen molar-refractivity contribution in [2.24, 2.45) is 5.73 Å². The van der Waals surface area contributed by atoms with Gasteiger partial charge in [-0.25, -0.2) is 9.78 Å². The van der Waals surface area contributed by atoms with Gasteiger partial charge in [0.05, 0.1) is 17.8 Å². The number of aromatic nitrogens is 2. The number of nitrogens with two attached hydrogens (primary N) is 1. The Hall–Kier alpha value is -1.80. The Kier molecular flexibility index (Phi) is 3.53. The molecule has 2 aromatic heterocycles. The topological polar surface area (TPSA) is 87.2 Å². The zero-order valence-electron chi connectivity index (χ0n) is 12.4. The third-order valence-electron chi connectivity index (χ3n) is 2.93. The standard InChI is InChI=1S/C14H15N3O3S2/c1-14(2,3)20-12(19)9-7(15)6-17-11(18)10-8(4-5-21-10)16-13(17)22-9/h4-5H,6,15H2,1-3H3. The van der Waals surface area contributed by atoms with E-state index < -0.39 is 11.6 Å². The molecule has 116 valence electrons. The van der Waals surface area contributed by atoms with Gasteiger partial charge in [-0.2, -0.15) is 0 Å². The van der Waals surface area contributed by atoms with Crippen molar-refractivity contribution in [2.75, 3.05) is 0 Å². The summed E-state index contributed by atoms with van der Waals surface area (Å²) in [6.45, 7) is 5.53. The van der Waals surface area contributed by atoms with Crippen LogP contribution in [0.2, 0.25) is 0 Å². The van der Waals surface area contributed by atoms with Crippen LogP contribution in [0.25, 0.3) is 10.2 Å². The van der Waals surface area contributed by atoms with Crippen molar-refractivity contribution in [1.82, 2.24) is 9.55 Å². The minimum Gasteiger partial charge on any atom is -0.456 e. The number of rotatable bonds is 1. The second-order valence-electron chi connectivity index (χ2n) is 5.88. The maximum absolute atomic E-state index is 12.4. The summed E-state index contributed by atoms with van der Waals surface area (Å²) in [5.74, 6) is -0.485. The summed E-state index contributed by atoms with van der Waals surface area (Å²) in [4.78, 5) is 29.4. The molecule has 0 unspecified atom stereocenters. The lowest BCUT2D eigenvalue weighted by molar-refractivity contribution is -0.149.